The molecular formula is C14H26N4O. The van der Waals surface area contributed by atoms with Gasteiger partial charge in [-0.1, -0.05) is 0 Å². The molecule has 2 N–H and O–H groups in total. The number of nitrogens with two attached hydrogens (primary N) is 1. The molecule has 2 rings (SSSR count). The van der Waals surface area contributed by atoms with Crippen molar-refractivity contribution < 1.29 is 4.74 Å². The van der Waals surface area contributed by atoms with Crippen molar-refractivity contribution in [2.45, 2.75) is 31.8 Å². The van der Waals surface area contributed by atoms with Gasteiger partial charge >= 0.3 is 0 Å². The molecule has 2 heterocycles. The first-order valence-corrected chi connectivity index (χ1v) is 7.29. The minimum Gasteiger partial charge on any atom is -0.378 e. The van der Waals surface area contributed by atoms with Gasteiger partial charge in [0.25, 0.3) is 0 Å². The number of hydrogen-bond donors (Lipinski definition) is 1. The number of hydrogen-bond acceptors (Lipinski definition) is 4. The molecule has 1 fully saturated rings. The largest absolute Gasteiger partial charge is 0.378 e. The first-order chi connectivity index (χ1) is 9.28. The summed E-state index contributed by atoms with van der Waals surface area (Å²) in [6.45, 7) is 4.96. The number of ether oxygens (including phenoxy) is 1. The van der Waals surface area contributed by atoms with Crippen LogP contribution in [0.15, 0.2) is 12.4 Å². The third kappa shape index (κ3) is 4.93. The second-order valence-electron chi connectivity index (χ2n) is 5.33. The molecule has 1 aromatic heterocycles. The molecule has 19 heavy (non-hydrogen) atoms. The molecule has 1 aliphatic rings. The van der Waals surface area contributed by atoms with Gasteiger partial charge in [0.15, 0.2) is 0 Å². The fourth-order valence-corrected chi connectivity index (χ4v) is 2.52. The molecule has 0 aliphatic carbocycles. The van der Waals surface area contributed by atoms with E-state index in [9.17, 15) is 0 Å². The van der Waals surface area contributed by atoms with Gasteiger partial charge in [0, 0.05) is 39.5 Å². The molecule has 1 saturated heterocycles. The predicted molar refractivity (Wildman–Crippen MR) is 76.0 cm³/mol. The maximum absolute atomic E-state index is 5.82. The van der Waals surface area contributed by atoms with Crippen molar-refractivity contribution in [2.75, 3.05) is 32.8 Å². The van der Waals surface area contributed by atoms with Crippen LogP contribution in [0, 0.1) is 0 Å². The van der Waals surface area contributed by atoms with Gasteiger partial charge in [-0.05, 0) is 37.8 Å². The summed E-state index contributed by atoms with van der Waals surface area (Å²) in [6.07, 6.45) is 8.87. The molecule has 0 bridgehead atoms. The fourth-order valence-electron chi connectivity index (χ4n) is 2.52. The summed E-state index contributed by atoms with van der Waals surface area (Å²) in [5.41, 5.74) is 6.79. The SMILES string of the molecule is Cn1cc(CCN2CCC(OCCCN)CC2)cn1. The number of piperidine rings is 1. The Morgan fingerprint density at radius 1 is 1.42 bits per heavy atom. The van der Waals surface area contributed by atoms with Crippen LogP contribution in [0.1, 0.15) is 24.8 Å². The quantitative estimate of drug-likeness (QED) is 0.742. The lowest BCUT2D eigenvalue weighted by Crippen LogP contribution is -2.38. The Kier molecular flexibility index (Phi) is 5.82. The van der Waals surface area contributed by atoms with Crippen LogP contribution in [-0.2, 0) is 18.2 Å². The third-order valence-corrected chi connectivity index (χ3v) is 3.71. The van der Waals surface area contributed by atoms with Crippen molar-refractivity contribution in [3.05, 3.63) is 18.0 Å². The fraction of sp³-hybridized carbons (Fsp3) is 0.786. The van der Waals surface area contributed by atoms with Crippen molar-refractivity contribution in [1.82, 2.24) is 14.7 Å². The minimum absolute atomic E-state index is 0.446. The molecule has 0 amide bonds. The lowest BCUT2D eigenvalue weighted by atomic mass is 10.1. The van der Waals surface area contributed by atoms with E-state index in [1.165, 1.54) is 5.56 Å². The van der Waals surface area contributed by atoms with Crippen molar-refractivity contribution in [2.24, 2.45) is 12.8 Å². The summed E-state index contributed by atoms with van der Waals surface area (Å²) < 4.78 is 7.69. The number of rotatable bonds is 7. The van der Waals surface area contributed by atoms with Crippen LogP contribution in [0.5, 0.6) is 0 Å². The molecule has 0 unspecified atom stereocenters. The first-order valence-electron chi connectivity index (χ1n) is 7.29. The van der Waals surface area contributed by atoms with Gasteiger partial charge in [0.2, 0.25) is 0 Å². The number of nitrogens with zero attached hydrogens (tertiary/aromatic N) is 3. The molecule has 5 nitrogen and oxygen atoms in total. The highest BCUT2D eigenvalue weighted by Crippen LogP contribution is 2.14. The average Bonchev–Trinajstić information content (AvgIpc) is 2.84. The Balaban J connectivity index is 1.60. The van der Waals surface area contributed by atoms with Crippen LogP contribution >= 0.6 is 0 Å². The normalized spacial score (nSPS) is 18.0. The van der Waals surface area contributed by atoms with Crippen LogP contribution < -0.4 is 5.73 Å². The van der Waals surface area contributed by atoms with E-state index < -0.39 is 0 Å². The van der Waals surface area contributed by atoms with Gasteiger partial charge in [0.1, 0.15) is 0 Å². The van der Waals surface area contributed by atoms with E-state index in [4.69, 9.17) is 10.5 Å². The Bertz CT molecular complexity index is 358. The average molecular weight is 266 g/mol. The lowest BCUT2D eigenvalue weighted by Gasteiger charge is -2.31. The molecule has 5 heteroatoms. The molecule has 0 saturated carbocycles. The summed E-state index contributed by atoms with van der Waals surface area (Å²) in [5.74, 6) is 0. The van der Waals surface area contributed by atoms with Crippen molar-refractivity contribution in [3.8, 4) is 0 Å². The molecule has 0 spiro atoms. The summed E-state index contributed by atoms with van der Waals surface area (Å²) >= 11 is 0. The molecule has 108 valence electrons. The molecular weight excluding hydrogens is 240 g/mol. The first kappa shape index (κ1) is 14.5. The van der Waals surface area contributed by atoms with Crippen LogP contribution in [0.2, 0.25) is 0 Å². The highest BCUT2D eigenvalue weighted by atomic mass is 16.5. The van der Waals surface area contributed by atoms with E-state index in [1.807, 2.05) is 17.9 Å². The Morgan fingerprint density at radius 3 is 2.84 bits per heavy atom. The van der Waals surface area contributed by atoms with E-state index in [0.29, 0.717) is 6.10 Å². The lowest BCUT2D eigenvalue weighted by molar-refractivity contribution is 0.00752. The molecule has 0 radical (unpaired) electrons. The monoisotopic (exact) mass is 266 g/mol. The van der Waals surface area contributed by atoms with Gasteiger partial charge in [0.05, 0.1) is 12.3 Å². The maximum Gasteiger partial charge on any atom is 0.0599 e. The van der Waals surface area contributed by atoms with E-state index in [-0.39, 0.29) is 0 Å². The second-order valence-corrected chi connectivity index (χ2v) is 5.33. The zero-order valence-electron chi connectivity index (χ0n) is 11.9. The number of likely N-dealkylation sites (tertiary alicyclic amines) is 1. The zero-order chi connectivity index (χ0) is 13.5. The highest BCUT2D eigenvalue weighted by Gasteiger charge is 2.19. The van der Waals surface area contributed by atoms with Crippen molar-refractivity contribution in [3.63, 3.8) is 0 Å². The summed E-state index contributed by atoms with van der Waals surface area (Å²) in [6, 6.07) is 0. The van der Waals surface area contributed by atoms with E-state index in [1.54, 1.807) is 0 Å². The summed E-state index contributed by atoms with van der Waals surface area (Å²) in [4.78, 5) is 2.52. The molecule has 1 aliphatic heterocycles. The van der Waals surface area contributed by atoms with Gasteiger partial charge < -0.3 is 15.4 Å². The van der Waals surface area contributed by atoms with E-state index >= 15 is 0 Å². The van der Waals surface area contributed by atoms with Gasteiger partial charge in [-0.2, -0.15) is 5.10 Å². The van der Waals surface area contributed by atoms with Crippen LogP contribution in [0.4, 0.5) is 0 Å². The second kappa shape index (κ2) is 7.62. The third-order valence-electron chi connectivity index (χ3n) is 3.71. The van der Waals surface area contributed by atoms with Gasteiger partial charge in [-0.25, -0.2) is 0 Å². The molecule has 0 aromatic carbocycles. The number of aryl methyl sites for hydroxylation is 1. The van der Waals surface area contributed by atoms with Crippen molar-refractivity contribution in [1.29, 1.82) is 0 Å². The maximum atomic E-state index is 5.82. The summed E-state index contributed by atoms with van der Waals surface area (Å²) in [7, 11) is 1.97. The van der Waals surface area contributed by atoms with Crippen LogP contribution in [-0.4, -0.2) is 53.6 Å². The Labute approximate surface area is 115 Å². The van der Waals surface area contributed by atoms with Crippen LogP contribution in [0.3, 0.4) is 0 Å². The number of aromatic nitrogens is 2. The molecule has 0 atom stereocenters. The zero-order valence-corrected chi connectivity index (χ0v) is 11.9. The van der Waals surface area contributed by atoms with Gasteiger partial charge in [-0.15, -0.1) is 0 Å². The van der Waals surface area contributed by atoms with E-state index in [0.717, 1.165) is 58.5 Å². The van der Waals surface area contributed by atoms with Crippen LogP contribution in [0.25, 0.3) is 0 Å². The Hall–Kier alpha value is -0.910. The molecule has 1 aromatic rings. The highest BCUT2D eigenvalue weighted by molar-refractivity contribution is 5.04. The minimum atomic E-state index is 0.446. The predicted octanol–water partition coefficient (Wildman–Crippen LogP) is 0.792. The van der Waals surface area contributed by atoms with E-state index in [2.05, 4.69) is 16.2 Å². The summed E-state index contributed by atoms with van der Waals surface area (Å²) in [5, 5.41) is 4.20. The van der Waals surface area contributed by atoms with Gasteiger partial charge in [-0.3, -0.25) is 4.68 Å². The van der Waals surface area contributed by atoms with Crippen molar-refractivity contribution >= 4 is 0 Å². The topological polar surface area (TPSA) is 56.3 Å². The smallest absolute Gasteiger partial charge is 0.0599 e. The Morgan fingerprint density at radius 2 is 2.21 bits per heavy atom. The standard InChI is InChI=1S/C14H26N4O/c1-17-12-13(11-16-17)3-7-18-8-4-14(5-9-18)19-10-2-6-15/h11-12,14H,2-10,15H2,1H3.